The van der Waals surface area contributed by atoms with E-state index in [2.05, 4.69) is 5.43 Å². The number of benzene rings is 1. The first kappa shape index (κ1) is 14.6. The largest absolute Gasteiger partial charge is 0.506 e. The number of allylic oxidation sites excluding steroid dienone is 2. The predicted octanol–water partition coefficient (Wildman–Crippen LogP) is 2.08. The van der Waals surface area contributed by atoms with Gasteiger partial charge in [-0.1, -0.05) is 0 Å². The van der Waals surface area contributed by atoms with Gasteiger partial charge in [-0.3, -0.25) is 15.2 Å². The Hall–Kier alpha value is -2.76. The molecule has 21 heavy (non-hydrogen) atoms. The van der Waals surface area contributed by atoms with Crippen LogP contribution in [0.3, 0.4) is 0 Å². The normalized spacial score (nSPS) is 14.5. The Balaban J connectivity index is 2.18. The van der Waals surface area contributed by atoms with E-state index in [1.54, 1.807) is 43.5 Å². The molecule has 6 heteroatoms. The molecule has 1 aliphatic heterocycles. The molecule has 0 saturated heterocycles. The van der Waals surface area contributed by atoms with Crippen LogP contribution in [0.5, 0.6) is 0 Å². The van der Waals surface area contributed by atoms with E-state index in [4.69, 9.17) is 0 Å². The lowest BCUT2D eigenvalue weighted by Crippen LogP contribution is -2.38. The van der Waals surface area contributed by atoms with E-state index in [1.165, 1.54) is 29.3 Å². The second kappa shape index (κ2) is 6.13. The fraction of sp³-hybridized carbons (Fsp3) is 0.133. The van der Waals surface area contributed by atoms with Crippen LogP contribution in [0.25, 0.3) is 0 Å². The first-order chi connectivity index (χ1) is 9.97. The van der Waals surface area contributed by atoms with Crippen LogP contribution >= 0.6 is 0 Å². The summed E-state index contributed by atoms with van der Waals surface area (Å²) >= 11 is 0. The number of hydrogen-bond donors (Lipinski definition) is 2. The van der Waals surface area contributed by atoms with Crippen LogP contribution in [-0.2, 0) is 4.79 Å². The van der Waals surface area contributed by atoms with Crippen molar-refractivity contribution in [2.75, 3.05) is 19.1 Å². The van der Waals surface area contributed by atoms with Gasteiger partial charge in [0, 0.05) is 38.6 Å². The highest BCUT2D eigenvalue weighted by Crippen LogP contribution is 2.18. The Labute approximate surface area is 122 Å². The number of hydrazine groups is 1. The SMILES string of the molecule is CN(C)/C=C/C(=O)C1=C(O)C=CN(c2ccc(F)cc2)N1. The summed E-state index contributed by atoms with van der Waals surface area (Å²) in [5.74, 6) is -0.859. The summed E-state index contributed by atoms with van der Waals surface area (Å²) in [6, 6.07) is 5.76. The average molecular weight is 289 g/mol. The van der Waals surface area contributed by atoms with Gasteiger partial charge in [0.25, 0.3) is 0 Å². The van der Waals surface area contributed by atoms with Crippen molar-refractivity contribution in [1.29, 1.82) is 0 Å². The maximum atomic E-state index is 12.9. The van der Waals surface area contributed by atoms with E-state index in [0.29, 0.717) is 5.69 Å². The number of nitrogens with one attached hydrogen (secondary N) is 1. The van der Waals surface area contributed by atoms with Crippen LogP contribution in [0.4, 0.5) is 10.1 Å². The summed E-state index contributed by atoms with van der Waals surface area (Å²) in [6.45, 7) is 0. The third-order valence-corrected chi connectivity index (χ3v) is 2.75. The lowest BCUT2D eigenvalue weighted by atomic mass is 10.2. The maximum absolute atomic E-state index is 12.9. The van der Waals surface area contributed by atoms with Gasteiger partial charge in [0.2, 0.25) is 5.78 Å². The molecule has 0 fully saturated rings. The van der Waals surface area contributed by atoms with Crippen LogP contribution < -0.4 is 10.4 Å². The van der Waals surface area contributed by atoms with Crippen LogP contribution in [0.2, 0.25) is 0 Å². The number of ketones is 1. The van der Waals surface area contributed by atoms with Crippen molar-refractivity contribution in [1.82, 2.24) is 10.3 Å². The monoisotopic (exact) mass is 289 g/mol. The highest BCUT2D eigenvalue weighted by molar-refractivity contribution is 6.04. The Morgan fingerprint density at radius 2 is 2.00 bits per heavy atom. The second-order valence-corrected chi connectivity index (χ2v) is 4.68. The van der Waals surface area contributed by atoms with E-state index < -0.39 is 0 Å². The fourth-order valence-corrected chi connectivity index (χ4v) is 1.68. The zero-order valence-electron chi connectivity index (χ0n) is 11.7. The average Bonchev–Trinajstić information content (AvgIpc) is 2.46. The van der Waals surface area contributed by atoms with E-state index in [9.17, 15) is 14.3 Å². The molecule has 5 nitrogen and oxygen atoms in total. The lowest BCUT2D eigenvalue weighted by molar-refractivity contribution is -0.111. The zero-order valence-corrected chi connectivity index (χ0v) is 11.7. The van der Waals surface area contributed by atoms with Crippen molar-refractivity contribution >= 4 is 11.5 Å². The molecular formula is C15H16FN3O2. The third kappa shape index (κ3) is 3.62. The van der Waals surface area contributed by atoms with Crippen molar-refractivity contribution in [2.24, 2.45) is 0 Å². The predicted molar refractivity (Wildman–Crippen MR) is 78.6 cm³/mol. The molecule has 0 saturated carbocycles. The molecule has 1 aromatic rings. The Morgan fingerprint density at radius 1 is 1.33 bits per heavy atom. The van der Waals surface area contributed by atoms with Crippen LogP contribution in [0, 0.1) is 5.82 Å². The molecule has 1 heterocycles. The Morgan fingerprint density at radius 3 is 2.62 bits per heavy atom. The number of halogens is 1. The van der Waals surface area contributed by atoms with Gasteiger partial charge < -0.3 is 10.0 Å². The summed E-state index contributed by atoms with van der Waals surface area (Å²) in [7, 11) is 3.58. The first-order valence-corrected chi connectivity index (χ1v) is 6.29. The van der Waals surface area contributed by atoms with E-state index in [-0.39, 0.29) is 23.1 Å². The minimum absolute atomic E-state index is 0.0555. The summed E-state index contributed by atoms with van der Waals surface area (Å²) in [5.41, 5.74) is 3.49. The molecular weight excluding hydrogens is 273 g/mol. The Bertz CT molecular complexity index is 618. The molecule has 2 rings (SSSR count). The van der Waals surface area contributed by atoms with Gasteiger partial charge in [0.1, 0.15) is 17.3 Å². The third-order valence-electron chi connectivity index (χ3n) is 2.75. The molecule has 1 aromatic carbocycles. The number of aliphatic hydroxyl groups excluding tert-OH is 1. The van der Waals surface area contributed by atoms with Crippen LogP contribution in [0.15, 0.2) is 60.3 Å². The summed E-state index contributed by atoms with van der Waals surface area (Å²) < 4.78 is 12.9. The molecule has 1 aliphatic rings. The molecule has 110 valence electrons. The maximum Gasteiger partial charge on any atom is 0.208 e. The van der Waals surface area contributed by atoms with E-state index in [0.717, 1.165) is 0 Å². The molecule has 0 unspecified atom stereocenters. The lowest BCUT2D eigenvalue weighted by Gasteiger charge is -2.26. The van der Waals surface area contributed by atoms with Crippen molar-refractivity contribution in [2.45, 2.75) is 0 Å². The number of rotatable bonds is 4. The second-order valence-electron chi connectivity index (χ2n) is 4.68. The molecule has 0 radical (unpaired) electrons. The quantitative estimate of drug-likeness (QED) is 0.831. The van der Waals surface area contributed by atoms with Crippen molar-refractivity contribution in [3.05, 3.63) is 66.1 Å². The van der Waals surface area contributed by atoms with Crippen LogP contribution in [-0.4, -0.2) is 29.9 Å². The van der Waals surface area contributed by atoms with Gasteiger partial charge >= 0.3 is 0 Å². The molecule has 0 aliphatic carbocycles. The van der Waals surface area contributed by atoms with Crippen molar-refractivity contribution in [3.63, 3.8) is 0 Å². The van der Waals surface area contributed by atoms with E-state index >= 15 is 0 Å². The highest BCUT2D eigenvalue weighted by atomic mass is 19.1. The highest BCUT2D eigenvalue weighted by Gasteiger charge is 2.18. The molecule has 0 atom stereocenters. The fourth-order valence-electron chi connectivity index (χ4n) is 1.68. The van der Waals surface area contributed by atoms with Gasteiger partial charge in [0.05, 0.1) is 5.69 Å². The van der Waals surface area contributed by atoms with Gasteiger partial charge in [-0.25, -0.2) is 4.39 Å². The van der Waals surface area contributed by atoms with Crippen molar-refractivity contribution < 1.29 is 14.3 Å². The smallest absolute Gasteiger partial charge is 0.208 e. The van der Waals surface area contributed by atoms with Gasteiger partial charge in [0.15, 0.2) is 0 Å². The number of nitrogens with zero attached hydrogens (tertiary/aromatic N) is 2. The first-order valence-electron chi connectivity index (χ1n) is 6.29. The van der Waals surface area contributed by atoms with Gasteiger partial charge in [-0.15, -0.1) is 0 Å². The number of aliphatic hydroxyl groups is 1. The molecule has 0 bridgehead atoms. The molecule has 0 aromatic heterocycles. The van der Waals surface area contributed by atoms with Crippen LogP contribution in [0.1, 0.15) is 0 Å². The molecule has 2 N–H and O–H groups in total. The molecule has 0 amide bonds. The zero-order chi connectivity index (χ0) is 15.4. The van der Waals surface area contributed by atoms with Gasteiger partial charge in [-0.05, 0) is 24.3 Å². The number of anilines is 1. The van der Waals surface area contributed by atoms with E-state index in [1.807, 2.05) is 0 Å². The summed E-state index contributed by atoms with van der Waals surface area (Å²) in [5, 5.41) is 11.3. The number of carbonyl (C=O) groups excluding carboxylic acids is 1. The topological polar surface area (TPSA) is 55.8 Å². The minimum atomic E-state index is -0.363. The summed E-state index contributed by atoms with van der Waals surface area (Å²) in [4.78, 5) is 13.7. The van der Waals surface area contributed by atoms with Gasteiger partial charge in [-0.2, -0.15) is 0 Å². The Kier molecular flexibility index (Phi) is 4.27. The number of carbonyl (C=O) groups is 1. The number of hydrogen-bond acceptors (Lipinski definition) is 5. The minimum Gasteiger partial charge on any atom is -0.506 e. The summed E-state index contributed by atoms with van der Waals surface area (Å²) in [6.07, 6.45) is 5.89. The van der Waals surface area contributed by atoms with Crippen molar-refractivity contribution in [3.8, 4) is 0 Å². The molecule has 0 spiro atoms. The standard InChI is InChI=1S/C15H16FN3O2/c1-18(2)9-7-13(20)15-14(21)8-10-19(17-15)12-5-3-11(16)4-6-12/h3-10,17,21H,1-2H3/b9-7+.